The van der Waals surface area contributed by atoms with Crippen molar-refractivity contribution in [3.05, 3.63) is 121 Å². The van der Waals surface area contributed by atoms with Gasteiger partial charge >= 0.3 is 0 Å². The summed E-state index contributed by atoms with van der Waals surface area (Å²) in [5.41, 5.74) is 24.9. The van der Waals surface area contributed by atoms with Gasteiger partial charge in [0.15, 0.2) is 0 Å². The van der Waals surface area contributed by atoms with Crippen molar-refractivity contribution in [3.8, 4) is 28.0 Å². The van der Waals surface area contributed by atoms with Crippen LogP contribution in [0.4, 0.5) is 0 Å². The average Bonchev–Trinajstić information content (AvgIpc) is 3.57. The fourth-order valence-corrected chi connectivity index (χ4v) is 15.8. The molecule has 0 heterocycles. The number of hydrogen-bond donors (Lipinski definition) is 0. The molecule has 0 aliphatic heterocycles. The van der Waals surface area contributed by atoms with Gasteiger partial charge in [-0.25, -0.2) is 0 Å². The van der Waals surface area contributed by atoms with Crippen LogP contribution in [0.25, 0.3) is 34.4 Å². The molecule has 0 bridgehead atoms. The van der Waals surface area contributed by atoms with Gasteiger partial charge in [-0.1, -0.05) is 190 Å². The SMILES string of the molecule is COc1c(C(C)(C)C)cc2c(c1-c1cc(C)cc(C)c1)C=C(CC(C)(C)C)C2[Si](C)(C)C1C(CC(C)(C)C)=Cc2c1cc(C(C)(C)C)c(C)c2-c1cc(C)cc(C)c1. The summed E-state index contributed by atoms with van der Waals surface area (Å²) in [7, 11) is -0.459. The predicted molar refractivity (Wildman–Crippen MR) is 258 cm³/mol. The van der Waals surface area contributed by atoms with Crippen LogP contribution in [0, 0.1) is 45.4 Å². The van der Waals surface area contributed by atoms with Crippen molar-refractivity contribution in [1.29, 1.82) is 0 Å². The van der Waals surface area contributed by atoms with Gasteiger partial charge in [-0.3, -0.25) is 0 Å². The minimum Gasteiger partial charge on any atom is -0.496 e. The second kappa shape index (κ2) is 14.8. The van der Waals surface area contributed by atoms with Gasteiger partial charge in [0.25, 0.3) is 0 Å². The van der Waals surface area contributed by atoms with E-state index in [1.807, 2.05) is 7.11 Å². The van der Waals surface area contributed by atoms with E-state index >= 15 is 0 Å². The smallest absolute Gasteiger partial charge is 0.131 e. The van der Waals surface area contributed by atoms with E-state index in [0.29, 0.717) is 11.1 Å². The number of allylic oxidation sites excluding steroid dienone is 2. The minimum absolute atomic E-state index is 0.00598. The summed E-state index contributed by atoms with van der Waals surface area (Å²) in [6.07, 6.45) is 7.47. The molecule has 2 aliphatic carbocycles. The van der Waals surface area contributed by atoms with Crippen LogP contribution < -0.4 is 4.74 Å². The lowest BCUT2D eigenvalue weighted by atomic mass is 9.78. The molecule has 2 unspecified atom stereocenters. The van der Waals surface area contributed by atoms with Gasteiger partial charge in [-0.2, -0.15) is 0 Å². The fourth-order valence-electron chi connectivity index (χ4n) is 11.1. The molecule has 2 atom stereocenters. The van der Waals surface area contributed by atoms with E-state index in [-0.39, 0.29) is 21.7 Å². The summed E-state index contributed by atoms with van der Waals surface area (Å²) < 4.78 is 6.54. The first kappa shape index (κ1) is 43.9. The predicted octanol–water partition coefficient (Wildman–Crippen LogP) is 16.5. The second-order valence-corrected chi connectivity index (χ2v) is 28.4. The quantitative estimate of drug-likeness (QED) is 0.169. The number of rotatable bonds is 7. The first-order valence-electron chi connectivity index (χ1n) is 22.0. The van der Waals surface area contributed by atoms with Crippen molar-refractivity contribution in [2.24, 2.45) is 10.8 Å². The van der Waals surface area contributed by atoms with E-state index in [9.17, 15) is 0 Å². The lowest BCUT2D eigenvalue weighted by molar-refractivity contribution is 0.398. The molecule has 0 fully saturated rings. The van der Waals surface area contributed by atoms with Crippen molar-refractivity contribution in [1.82, 2.24) is 0 Å². The Morgan fingerprint density at radius 3 is 1.22 bits per heavy atom. The summed E-state index contributed by atoms with van der Waals surface area (Å²) in [6.45, 7) is 45.8. The summed E-state index contributed by atoms with van der Waals surface area (Å²) in [5.74, 6) is 1.03. The van der Waals surface area contributed by atoms with Crippen LogP contribution in [0.15, 0.2) is 59.7 Å². The maximum Gasteiger partial charge on any atom is 0.131 e. The molecule has 4 aromatic carbocycles. The van der Waals surface area contributed by atoms with Crippen LogP contribution in [-0.4, -0.2) is 15.2 Å². The van der Waals surface area contributed by atoms with Crippen LogP contribution in [0.5, 0.6) is 5.75 Å². The first-order chi connectivity index (χ1) is 26.5. The molecule has 0 saturated heterocycles. The zero-order valence-electron chi connectivity index (χ0n) is 40.3. The Balaban J connectivity index is 1.73. The molecule has 6 rings (SSSR count). The zero-order valence-corrected chi connectivity index (χ0v) is 41.3. The molecule has 2 heteroatoms. The maximum absolute atomic E-state index is 6.54. The standard InChI is InChI=1S/C56H76OSi/c1-33-21-34(2)24-38(23-33)48-37(5)46(55(12,13)14)29-44-42(48)27-40(31-53(6,7)8)51(44)58(19,20)52-41(32-54(9,10)11)28-43-45(52)30-47(56(15,16)17)50(57-18)49(43)39-25-35(3)22-36(4)26-39/h21-30,51-52H,31-32H2,1-20H3. The number of fused-ring (bicyclic) bond motifs is 2. The van der Waals surface area contributed by atoms with Gasteiger partial charge in [-0.05, 0) is 119 Å². The molecule has 0 amide bonds. The molecule has 2 aliphatic rings. The summed E-state index contributed by atoms with van der Waals surface area (Å²) in [4.78, 5) is 0. The summed E-state index contributed by atoms with van der Waals surface area (Å²) in [6, 6.07) is 19.5. The van der Waals surface area contributed by atoms with Gasteiger partial charge in [0.1, 0.15) is 5.75 Å². The fraction of sp³-hybridized carbons (Fsp3) is 0.500. The van der Waals surface area contributed by atoms with Gasteiger partial charge in [0, 0.05) is 22.2 Å². The Bertz CT molecular complexity index is 2290. The Labute approximate surface area is 355 Å². The van der Waals surface area contributed by atoms with Crippen molar-refractivity contribution in [2.45, 2.75) is 166 Å². The van der Waals surface area contributed by atoms with Gasteiger partial charge in [0.05, 0.1) is 15.2 Å². The highest BCUT2D eigenvalue weighted by molar-refractivity contribution is 6.81. The van der Waals surface area contributed by atoms with Crippen LogP contribution in [-0.2, 0) is 10.8 Å². The van der Waals surface area contributed by atoms with E-state index in [1.165, 1.54) is 77.9 Å². The minimum atomic E-state index is -2.34. The second-order valence-electron chi connectivity index (χ2n) is 23.6. The van der Waals surface area contributed by atoms with Crippen molar-refractivity contribution < 1.29 is 4.74 Å². The maximum atomic E-state index is 6.54. The molecule has 0 radical (unpaired) electrons. The van der Waals surface area contributed by atoms with Gasteiger partial charge in [0.2, 0.25) is 0 Å². The molecule has 58 heavy (non-hydrogen) atoms. The molecule has 0 aromatic heterocycles. The number of hydrogen-bond acceptors (Lipinski definition) is 1. The van der Waals surface area contributed by atoms with Crippen LogP contribution in [0.1, 0.15) is 168 Å². The largest absolute Gasteiger partial charge is 0.496 e. The van der Waals surface area contributed by atoms with E-state index in [0.717, 1.165) is 18.6 Å². The molecule has 1 nitrogen and oxygen atoms in total. The Kier molecular flexibility index (Phi) is 11.2. The number of aryl methyl sites for hydroxylation is 4. The molecular weight excluding hydrogens is 717 g/mol. The van der Waals surface area contributed by atoms with Crippen molar-refractivity contribution in [2.75, 3.05) is 7.11 Å². The molecule has 4 aromatic rings. The number of methoxy groups -OCH3 is 1. The lowest BCUT2D eigenvalue weighted by Crippen LogP contribution is -2.44. The van der Waals surface area contributed by atoms with E-state index < -0.39 is 8.07 Å². The Morgan fingerprint density at radius 2 is 0.862 bits per heavy atom. The van der Waals surface area contributed by atoms with Crippen LogP contribution in [0.2, 0.25) is 13.1 Å². The van der Waals surface area contributed by atoms with E-state index in [4.69, 9.17) is 4.74 Å². The molecule has 0 spiro atoms. The normalized spacial score (nSPS) is 17.3. The highest BCUT2D eigenvalue weighted by atomic mass is 28.3. The third kappa shape index (κ3) is 8.39. The highest BCUT2D eigenvalue weighted by Gasteiger charge is 2.51. The first-order valence-corrected chi connectivity index (χ1v) is 25.2. The van der Waals surface area contributed by atoms with Crippen LogP contribution >= 0.6 is 0 Å². The zero-order chi connectivity index (χ0) is 43.2. The molecule has 310 valence electrons. The van der Waals surface area contributed by atoms with Crippen molar-refractivity contribution in [3.63, 3.8) is 0 Å². The topological polar surface area (TPSA) is 9.23 Å². The number of benzene rings is 4. The summed E-state index contributed by atoms with van der Waals surface area (Å²) in [5, 5.41) is 0. The van der Waals surface area contributed by atoms with Crippen molar-refractivity contribution >= 4 is 20.2 Å². The third-order valence-electron chi connectivity index (χ3n) is 12.8. The van der Waals surface area contributed by atoms with E-state index in [2.05, 4.69) is 191 Å². The monoisotopic (exact) mass is 793 g/mol. The Morgan fingerprint density at radius 1 is 0.500 bits per heavy atom. The Hall–Kier alpha value is -3.62. The lowest BCUT2D eigenvalue weighted by Gasteiger charge is -2.43. The van der Waals surface area contributed by atoms with E-state index in [1.54, 1.807) is 16.7 Å². The third-order valence-corrected chi connectivity index (χ3v) is 17.2. The summed E-state index contributed by atoms with van der Waals surface area (Å²) >= 11 is 0. The highest BCUT2D eigenvalue weighted by Crippen LogP contribution is 2.60. The average molecular weight is 793 g/mol. The molecular formula is C56H76OSi. The van der Waals surface area contributed by atoms with Gasteiger partial charge in [-0.15, -0.1) is 0 Å². The van der Waals surface area contributed by atoms with Gasteiger partial charge < -0.3 is 4.74 Å². The molecule has 0 N–H and O–H groups in total. The molecule has 0 saturated carbocycles. The number of ether oxygens (including phenoxy) is 1. The van der Waals surface area contributed by atoms with Crippen LogP contribution in [0.3, 0.4) is 0 Å².